The minimum atomic E-state index is -0.0205. The summed E-state index contributed by atoms with van der Waals surface area (Å²) in [6, 6.07) is 8.01. The number of rotatable bonds is 4. The number of hydrogen-bond acceptors (Lipinski definition) is 2. The molecule has 96 valence electrons. The zero-order chi connectivity index (χ0) is 12.8. The van der Waals surface area contributed by atoms with Crippen LogP contribution in [0.1, 0.15) is 31.2 Å². The number of amides is 1. The lowest BCUT2D eigenvalue weighted by molar-refractivity contribution is -0.117. The van der Waals surface area contributed by atoms with E-state index in [1.54, 1.807) is 19.3 Å². The van der Waals surface area contributed by atoms with Gasteiger partial charge in [0.05, 0.1) is 7.11 Å². The summed E-state index contributed by atoms with van der Waals surface area (Å²) in [7, 11) is 1.63. The molecule has 1 amide bonds. The zero-order valence-electron chi connectivity index (χ0n) is 10.7. The van der Waals surface area contributed by atoms with Crippen molar-refractivity contribution in [2.75, 3.05) is 7.11 Å². The Morgan fingerprint density at radius 2 is 2.06 bits per heavy atom. The maximum Gasteiger partial charge on any atom is 0.244 e. The van der Waals surface area contributed by atoms with Gasteiger partial charge < -0.3 is 10.1 Å². The largest absolute Gasteiger partial charge is 0.496 e. The monoisotopic (exact) mass is 245 g/mol. The summed E-state index contributed by atoms with van der Waals surface area (Å²) in [6.45, 7) is 0. The Hall–Kier alpha value is -1.77. The molecule has 0 radical (unpaired) electrons. The number of benzene rings is 1. The molecule has 1 aliphatic carbocycles. The van der Waals surface area contributed by atoms with Crippen molar-refractivity contribution < 1.29 is 9.53 Å². The number of ether oxygens (including phenoxy) is 1. The first-order chi connectivity index (χ1) is 8.79. The van der Waals surface area contributed by atoms with Crippen molar-refractivity contribution in [3.63, 3.8) is 0 Å². The molecule has 0 spiro atoms. The van der Waals surface area contributed by atoms with E-state index in [1.165, 1.54) is 12.8 Å². The van der Waals surface area contributed by atoms with Gasteiger partial charge in [0.25, 0.3) is 0 Å². The van der Waals surface area contributed by atoms with Gasteiger partial charge >= 0.3 is 0 Å². The molecule has 18 heavy (non-hydrogen) atoms. The van der Waals surface area contributed by atoms with Crippen LogP contribution in [0.2, 0.25) is 0 Å². The fourth-order valence-corrected chi connectivity index (χ4v) is 2.29. The van der Waals surface area contributed by atoms with Crippen molar-refractivity contribution in [2.45, 2.75) is 31.7 Å². The average molecular weight is 245 g/mol. The van der Waals surface area contributed by atoms with Crippen LogP contribution in [-0.2, 0) is 4.79 Å². The highest BCUT2D eigenvalue weighted by Gasteiger charge is 2.15. The van der Waals surface area contributed by atoms with E-state index in [1.807, 2.05) is 24.3 Å². The molecule has 1 fully saturated rings. The van der Waals surface area contributed by atoms with Gasteiger partial charge in [0.1, 0.15) is 5.75 Å². The second kappa shape index (κ2) is 6.24. The lowest BCUT2D eigenvalue weighted by Crippen LogP contribution is -2.30. The van der Waals surface area contributed by atoms with Gasteiger partial charge in [-0.2, -0.15) is 0 Å². The topological polar surface area (TPSA) is 38.3 Å². The van der Waals surface area contributed by atoms with Gasteiger partial charge in [-0.3, -0.25) is 4.79 Å². The highest BCUT2D eigenvalue weighted by atomic mass is 16.5. The molecule has 2 rings (SSSR count). The molecule has 0 aliphatic heterocycles. The van der Waals surface area contributed by atoms with E-state index < -0.39 is 0 Å². The number of carbonyl (C=O) groups excluding carboxylic acids is 1. The fourth-order valence-electron chi connectivity index (χ4n) is 2.29. The molecule has 0 atom stereocenters. The minimum absolute atomic E-state index is 0.0205. The van der Waals surface area contributed by atoms with Gasteiger partial charge in [-0.05, 0) is 25.0 Å². The third kappa shape index (κ3) is 3.36. The Balaban J connectivity index is 1.94. The van der Waals surface area contributed by atoms with Gasteiger partial charge in [0, 0.05) is 17.7 Å². The molecular formula is C15H19NO2. The van der Waals surface area contributed by atoms with E-state index in [2.05, 4.69) is 5.32 Å². The average Bonchev–Trinajstić information content (AvgIpc) is 2.89. The maximum absolute atomic E-state index is 11.7. The van der Waals surface area contributed by atoms with Crippen LogP contribution in [0.25, 0.3) is 6.08 Å². The first-order valence-corrected chi connectivity index (χ1v) is 6.41. The Labute approximate surface area is 108 Å². The molecule has 1 aromatic carbocycles. The van der Waals surface area contributed by atoms with Crippen LogP contribution in [0.15, 0.2) is 30.3 Å². The first-order valence-electron chi connectivity index (χ1n) is 6.41. The van der Waals surface area contributed by atoms with Gasteiger partial charge in [-0.1, -0.05) is 31.0 Å². The first kappa shape index (κ1) is 12.7. The normalized spacial score (nSPS) is 16.1. The minimum Gasteiger partial charge on any atom is -0.496 e. The third-order valence-electron chi connectivity index (χ3n) is 3.25. The summed E-state index contributed by atoms with van der Waals surface area (Å²) < 4.78 is 5.23. The van der Waals surface area contributed by atoms with E-state index in [4.69, 9.17) is 4.74 Å². The number of methoxy groups -OCH3 is 1. The van der Waals surface area contributed by atoms with Crippen molar-refractivity contribution in [2.24, 2.45) is 0 Å². The van der Waals surface area contributed by atoms with E-state index >= 15 is 0 Å². The number of carbonyl (C=O) groups is 1. The molecule has 1 N–H and O–H groups in total. The molecule has 0 saturated heterocycles. The van der Waals surface area contributed by atoms with E-state index in [-0.39, 0.29) is 5.91 Å². The molecule has 0 aromatic heterocycles. The number of nitrogens with one attached hydrogen (secondary N) is 1. The predicted molar refractivity (Wildman–Crippen MR) is 72.4 cm³/mol. The molecule has 1 saturated carbocycles. The van der Waals surface area contributed by atoms with Crippen LogP contribution in [0.5, 0.6) is 5.75 Å². The summed E-state index contributed by atoms with van der Waals surface area (Å²) in [6.07, 6.45) is 8.03. The number of para-hydroxylation sites is 1. The third-order valence-corrected chi connectivity index (χ3v) is 3.25. The van der Waals surface area contributed by atoms with Gasteiger partial charge in [-0.15, -0.1) is 0 Å². The van der Waals surface area contributed by atoms with Crippen molar-refractivity contribution in [3.05, 3.63) is 35.9 Å². The quantitative estimate of drug-likeness (QED) is 0.828. The molecular weight excluding hydrogens is 226 g/mol. The molecule has 0 bridgehead atoms. The smallest absolute Gasteiger partial charge is 0.244 e. The lowest BCUT2D eigenvalue weighted by Gasteiger charge is -2.09. The molecule has 1 aromatic rings. The summed E-state index contributed by atoms with van der Waals surface area (Å²) in [5.41, 5.74) is 0.918. The highest BCUT2D eigenvalue weighted by molar-refractivity contribution is 5.92. The SMILES string of the molecule is COc1ccccc1C=CC(=O)NC1CCCC1. The summed E-state index contributed by atoms with van der Waals surface area (Å²) in [5.74, 6) is 0.759. The van der Waals surface area contributed by atoms with Crippen LogP contribution in [0.4, 0.5) is 0 Å². The fraction of sp³-hybridized carbons (Fsp3) is 0.400. The molecule has 0 unspecified atom stereocenters. The van der Waals surface area contributed by atoms with Crippen molar-refractivity contribution in [1.82, 2.24) is 5.32 Å². The van der Waals surface area contributed by atoms with Crippen LogP contribution >= 0.6 is 0 Å². The van der Waals surface area contributed by atoms with E-state index in [9.17, 15) is 4.79 Å². The molecule has 3 nitrogen and oxygen atoms in total. The van der Waals surface area contributed by atoms with Crippen LogP contribution in [0, 0.1) is 0 Å². The predicted octanol–water partition coefficient (Wildman–Crippen LogP) is 2.77. The van der Waals surface area contributed by atoms with Crippen molar-refractivity contribution in [1.29, 1.82) is 0 Å². The molecule has 1 aliphatic rings. The van der Waals surface area contributed by atoms with Crippen molar-refractivity contribution in [3.8, 4) is 5.75 Å². The second-order valence-electron chi connectivity index (χ2n) is 4.57. The van der Waals surface area contributed by atoms with Gasteiger partial charge in [0.15, 0.2) is 0 Å². The van der Waals surface area contributed by atoms with Crippen LogP contribution in [0.3, 0.4) is 0 Å². The zero-order valence-corrected chi connectivity index (χ0v) is 10.7. The van der Waals surface area contributed by atoms with Gasteiger partial charge in [0.2, 0.25) is 5.91 Å². The molecule has 0 heterocycles. The summed E-state index contributed by atoms with van der Waals surface area (Å²) in [5, 5.41) is 3.02. The van der Waals surface area contributed by atoms with Crippen LogP contribution < -0.4 is 10.1 Å². The Morgan fingerprint density at radius 3 is 2.78 bits per heavy atom. The Kier molecular flexibility index (Phi) is 4.40. The maximum atomic E-state index is 11.7. The molecule has 3 heteroatoms. The van der Waals surface area contributed by atoms with E-state index in [0.29, 0.717) is 6.04 Å². The second-order valence-corrected chi connectivity index (χ2v) is 4.57. The van der Waals surface area contributed by atoms with Gasteiger partial charge in [-0.25, -0.2) is 0 Å². The number of hydrogen-bond donors (Lipinski definition) is 1. The van der Waals surface area contributed by atoms with Crippen LogP contribution in [-0.4, -0.2) is 19.1 Å². The summed E-state index contributed by atoms with van der Waals surface area (Å²) in [4.78, 5) is 11.7. The Bertz CT molecular complexity index is 434. The van der Waals surface area contributed by atoms with E-state index in [0.717, 1.165) is 24.2 Å². The highest BCUT2D eigenvalue weighted by Crippen LogP contribution is 2.19. The summed E-state index contributed by atoms with van der Waals surface area (Å²) >= 11 is 0. The Morgan fingerprint density at radius 1 is 1.33 bits per heavy atom. The lowest BCUT2D eigenvalue weighted by atomic mass is 10.2. The van der Waals surface area contributed by atoms with Crippen molar-refractivity contribution >= 4 is 12.0 Å². The standard InChI is InChI=1S/C15H19NO2/c1-18-14-9-5-2-6-12(14)10-11-15(17)16-13-7-3-4-8-13/h2,5-6,9-11,13H,3-4,7-8H2,1H3,(H,16,17).